The summed E-state index contributed by atoms with van der Waals surface area (Å²) in [5, 5.41) is 10.1. The molecular formula is C31H33I2NO5Si. The second-order valence-electron chi connectivity index (χ2n) is 12.0. The van der Waals surface area contributed by atoms with Crippen molar-refractivity contribution in [1.29, 1.82) is 0 Å². The maximum absolute atomic E-state index is 13.5. The Morgan fingerprint density at radius 1 is 1.02 bits per heavy atom. The Hall–Kier alpha value is -2.12. The first-order valence-electron chi connectivity index (χ1n) is 13.3. The summed E-state index contributed by atoms with van der Waals surface area (Å²) in [4.78, 5) is 27.2. The monoisotopic (exact) mass is 781 g/mol. The van der Waals surface area contributed by atoms with E-state index in [1.807, 2.05) is 30.3 Å². The summed E-state index contributed by atoms with van der Waals surface area (Å²) in [5.41, 5.74) is 6.40. The third-order valence-electron chi connectivity index (χ3n) is 8.51. The lowest BCUT2D eigenvalue weighted by Gasteiger charge is -2.39. The van der Waals surface area contributed by atoms with Crippen LogP contribution in [-0.2, 0) is 22.5 Å². The maximum atomic E-state index is 13.5. The van der Waals surface area contributed by atoms with E-state index in [0.29, 0.717) is 0 Å². The summed E-state index contributed by atoms with van der Waals surface area (Å²) in [5.74, 6) is -0.304. The zero-order valence-corrected chi connectivity index (χ0v) is 28.6. The van der Waals surface area contributed by atoms with E-state index in [2.05, 4.69) is 103 Å². The lowest BCUT2D eigenvalue weighted by molar-refractivity contribution is -0.143. The van der Waals surface area contributed by atoms with Gasteiger partial charge in [0.2, 0.25) is 0 Å². The topological polar surface area (TPSA) is 76.1 Å². The molecule has 5 rings (SSSR count). The largest absolute Gasteiger partial charge is 0.542 e. The predicted molar refractivity (Wildman–Crippen MR) is 175 cm³/mol. The molecule has 1 amide bonds. The van der Waals surface area contributed by atoms with E-state index < -0.39 is 26.4 Å². The van der Waals surface area contributed by atoms with Crippen LogP contribution in [0.25, 0.3) is 11.1 Å². The quantitative estimate of drug-likeness (QED) is 0.210. The van der Waals surface area contributed by atoms with Crippen molar-refractivity contribution in [1.82, 2.24) is 4.90 Å². The van der Waals surface area contributed by atoms with E-state index in [1.165, 1.54) is 4.90 Å². The Labute approximate surface area is 263 Å². The van der Waals surface area contributed by atoms with Crippen molar-refractivity contribution in [3.8, 4) is 16.9 Å². The van der Waals surface area contributed by atoms with Crippen molar-refractivity contribution in [2.24, 2.45) is 0 Å². The van der Waals surface area contributed by atoms with Gasteiger partial charge in [-0.1, -0.05) is 69.3 Å². The van der Waals surface area contributed by atoms with Gasteiger partial charge < -0.3 is 14.3 Å². The molecule has 9 heteroatoms. The number of ether oxygens (including phenoxy) is 1. The van der Waals surface area contributed by atoms with Crippen molar-refractivity contribution in [3.05, 3.63) is 84.0 Å². The number of rotatable bonds is 5. The highest BCUT2D eigenvalue weighted by molar-refractivity contribution is 14.1. The summed E-state index contributed by atoms with van der Waals surface area (Å²) in [7, 11) is -2.12. The van der Waals surface area contributed by atoms with Crippen LogP contribution >= 0.6 is 45.2 Å². The van der Waals surface area contributed by atoms with Gasteiger partial charge >= 0.3 is 12.1 Å². The van der Waals surface area contributed by atoms with Gasteiger partial charge in [-0.25, -0.2) is 9.59 Å². The van der Waals surface area contributed by atoms with Gasteiger partial charge in [-0.05, 0) is 103 Å². The third kappa shape index (κ3) is 5.28. The van der Waals surface area contributed by atoms with Crippen LogP contribution in [0, 0.1) is 7.14 Å². The van der Waals surface area contributed by atoms with Crippen molar-refractivity contribution >= 4 is 65.6 Å². The number of benzene rings is 3. The number of hydrogen-bond donors (Lipinski definition) is 1. The number of fused-ring (bicyclic) bond motifs is 4. The van der Waals surface area contributed by atoms with Gasteiger partial charge in [0, 0.05) is 12.3 Å². The number of carboxylic acid groups (broad SMARTS) is 1. The van der Waals surface area contributed by atoms with E-state index in [-0.39, 0.29) is 30.5 Å². The maximum Gasteiger partial charge on any atom is 0.410 e. The van der Waals surface area contributed by atoms with Gasteiger partial charge in [-0.2, -0.15) is 0 Å². The first-order valence-corrected chi connectivity index (χ1v) is 18.4. The molecule has 0 fully saturated rings. The van der Waals surface area contributed by atoms with E-state index >= 15 is 0 Å². The first-order chi connectivity index (χ1) is 18.8. The number of carbonyl (C=O) groups is 2. The molecule has 0 aromatic heterocycles. The fourth-order valence-corrected chi connectivity index (χ4v) is 8.87. The zero-order valence-electron chi connectivity index (χ0n) is 23.3. The second kappa shape index (κ2) is 10.9. The van der Waals surface area contributed by atoms with Crippen LogP contribution in [-0.4, -0.2) is 43.0 Å². The average Bonchev–Trinajstić information content (AvgIpc) is 3.22. The minimum Gasteiger partial charge on any atom is -0.542 e. The van der Waals surface area contributed by atoms with Crippen LogP contribution in [0.4, 0.5) is 4.79 Å². The number of halogens is 2. The summed E-state index contributed by atoms with van der Waals surface area (Å²) < 4.78 is 14.5. The summed E-state index contributed by atoms with van der Waals surface area (Å²) >= 11 is 4.57. The summed E-state index contributed by atoms with van der Waals surface area (Å²) in [6.45, 7) is 11.3. The van der Waals surface area contributed by atoms with Gasteiger partial charge in [-0.15, -0.1) is 0 Å². The van der Waals surface area contributed by atoms with Crippen LogP contribution in [0.2, 0.25) is 18.1 Å². The Balaban J connectivity index is 1.42. The van der Waals surface area contributed by atoms with Gasteiger partial charge in [0.05, 0.1) is 13.7 Å². The molecule has 1 heterocycles. The fourth-order valence-electron chi connectivity index (χ4n) is 5.23. The molecule has 1 N–H and O–H groups in total. The summed E-state index contributed by atoms with van der Waals surface area (Å²) in [6.07, 6.45) is -0.387. The minimum absolute atomic E-state index is 0.0246. The van der Waals surface area contributed by atoms with Crippen molar-refractivity contribution in [2.75, 3.05) is 6.61 Å². The highest BCUT2D eigenvalue weighted by Crippen LogP contribution is 2.45. The molecule has 0 radical (unpaired) electrons. The van der Waals surface area contributed by atoms with Crippen LogP contribution in [0.15, 0.2) is 54.6 Å². The van der Waals surface area contributed by atoms with Crippen LogP contribution in [0.3, 0.4) is 0 Å². The molecule has 0 saturated heterocycles. The average molecular weight is 782 g/mol. The second-order valence-corrected chi connectivity index (χ2v) is 19.0. The normalized spacial score (nSPS) is 16.7. The van der Waals surface area contributed by atoms with E-state index in [1.54, 1.807) is 0 Å². The molecular weight excluding hydrogens is 748 g/mol. The Bertz CT molecular complexity index is 1450. The molecule has 1 aliphatic heterocycles. The van der Waals surface area contributed by atoms with Crippen molar-refractivity contribution < 1.29 is 23.9 Å². The number of amides is 1. The molecule has 2 aliphatic rings. The van der Waals surface area contributed by atoms with Gasteiger partial charge in [0.1, 0.15) is 18.4 Å². The molecule has 0 bridgehead atoms. The lowest BCUT2D eigenvalue weighted by atomic mass is 9.94. The molecule has 1 aliphatic carbocycles. The highest BCUT2D eigenvalue weighted by Gasteiger charge is 2.42. The first kappa shape index (κ1) is 29.4. The van der Waals surface area contributed by atoms with Gasteiger partial charge in [0.15, 0.2) is 0 Å². The number of nitrogens with zero attached hydrogens (tertiary/aromatic N) is 1. The van der Waals surface area contributed by atoms with Crippen molar-refractivity contribution in [3.63, 3.8) is 0 Å². The standard InChI is InChI=1S/C31H33I2NO5Si/c1-31(2,3)40(4,5)39-28-25(32)14-18-15-26(29(35)36)34(16-23(18)27(28)33)30(37)38-17-24-21-12-8-6-10-19(21)20-11-7-9-13-22(20)24/h6-14,24,26H,15-17H2,1-5H3,(H,35,36)/t26-/m0/s1. The fraction of sp³-hybridized carbons (Fsp3) is 0.355. The molecule has 40 heavy (non-hydrogen) atoms. The van der Waals surface area contributed by atoms with E-state index in [4.69, 9.17) is 9.16 Å². The molecule has 0 spiro atoms. The molecule has 0 saturated carbocycles. The summed E-state index contributed by atoms with van der Waals surface area (Å²) in [6, 6.07) is 17.3. The molecule has 3 aromatic rings. The molecule has 1 atom stereocenters. The lowest BCUT2D eigenvalue weighted by Crippen LogP contribution is -2.49. The smallest absolute Gasteiger partial charge is 0.410 e. The molecule has 6 nitrogen and oxygen atoms in total. The van der Waals surface area contributed by atoms with Gasteiger partial charge in [0.25, 0.3) is 8.32 Å². The number of hydrogen-bond acceptors (Lipinski definition) is 4. The number of carbonyl (C=O) groups excluding carboxylic acids is 1. The third-order valence-corrected chi connectivity index (χ3v) is 14.8. The molecule has 0 unspecified atom stereocenters. The molecule has 210 valence electrons. The van der Waals surface area contributed by atoms with Gasteiger partial charge in [-0.3, -0.25) is 4.90 Å². The Kier molecular flexibility index (Phi) is 8.03. The Morgan fingerprint density at radius 3 is 2.15 bits per heavy atom. The van der Waals surface area contributed by atoms with Crippen LogP contribution in [0.5, 0.6) is 5.75 Å². The Morgan fingerprint density at radius 2 is 1.60 bits per heavy atom. The SMILES string of the molecule is CC(C)(C)[Si](C)(C)Oc1c(I)cc2c(c1I)CN(C(=O)OCC1c3ccccc3-c3ccccc31)[C@H](C(=O)O)C2. The van der Waals surface area contributed by atoms with Crippen molar-refractivity contribution in [2.45, 2.75) is 63.8 Å². The highest BCUT2D eigenvalue weighted by atomic mass is 127. The van der Waals surface area contributed by atoms with Crippen LogP contribution < -0.4 is 4.43 Å². The molecule has 3 aromatic carbocycles. The number of aliphatic carboxylic acids is 1. The zero-order chi connectivity index (χ0) is 29.0. The van der Waals surface area contributed by atoms with E-state index in [9.17, 15) is 14.7 Å². The number of carboxylic acids is 1. The van der Waals surface area contributed by atoms with E-state index in [0.717, 1.165) is 46.3 Å². The van der Waals surface area contributed by atoms with Crippen LogP contribution in [0.1, 0.15) is 48.9 Å². The minimum atomic E-state index is -2.12. The predicted octanol–water partition coefficient (Wildman–Crippen LogP) is 8.04.